The molecule has 3 rings (SSSR count). The molecule has 214 valence electrons. The highest BCUT2D eigenvalue weighted by Crippen LogP contribution is 2.30. The van der Waals surface area contributed by atoms with E-state index in [4.69, 9.17) is 11.6 Å². The van der Waals surface area contributed by atoms with E-state index in [1.165, 1.54) is 17.0 Å². The van der Waals surface area contributed by atoms with Crippen LogP contribution in [0.2, 0.25) is 5.02 Å². The van der Waals surface area contributed by atoms with Crippen LogP contribution in [0.1, 0.15) is 43.9 Å². The van der Waals surface area contributed by atoms with Gasteiger partial charge in [0.1, 0.15) is 12.6 Å². The minimum Gasteiger partial charge on any atom is -0.354 e. The second-order valence-corrected chi connectivity index (χ2v) is 12.6. The molecule has 0 radical (unpaired) electrons. The number of nitrogens with zero attached hydrogens (tertiary/aromatic N) is 2. The fourth-order valence-corrected chi connectivity index (χ4v) is 6.09. The number of rotatable bonds is 12. The van der Waals surface area contributed by atoms with Crippen molar-refractivity contribution in [1.82, 2.24) is 10.2 Å². The zero-order valence-electron chi connectivity index (χ0n) is 23.7. The molecule has 1 atom stereocenters. The second kappa shape index (κ2) is 13.8. The van der Waals surface area contributed by atoms with Gasteiger partial charge in [-0.05, 0) is 61.6 Å². The number of hydrogen-bond acceptors (Lipinski definition) is 4. The quantitative estimate of drug-likeness (QED) is 0.295. The lowest BCUT2D eigenvalue weighted by atomic mass is 10.1. The number of carbonyl (C=O) groups excluding carboxylic acids is 2. The van der Waals surface area contributed by atoms with Crippen LogP contribution in [0.25, 0.3) is 0 Å². The normalized spacial score (nSPS) is 12.2. The zero-order valence-corrected chi connectivity index (χ0v) is 25.3. The van der Waals surface area contributed by atoms with Gasteiger partial charge in [-0.25, -0.2) is 8.42 Å². The van der Waals surface area contributed by atoms with E-state index in [1.54, 1.807) is 43.3 Å². The maximum Gasteiger partial charge on any atom is 0.264 e. The Kier molecular flexibility index (Phi) is 10.8. The molecule has 0 saturated carbocycles. The molecule has 0 spiro atoms. The molecule has 40 heavy (non-hydrogen) atoms. The molecular weight excluding hydrogens is 546 g/mol. The first kappa shape index (κ1) is 31.2. The van der Waals surface area contributed by atoms with Crippen molar-refractivity contribution in [3.63, 3.8) is 0 Å². The standard InChI is InChI=1S/C31H38ClN3O4S/c1-6-28(31(37)33-19-22(2)3)34(20-25-12-10-11-23(4)17-25)30(36)21-35(29-18-26(32)16-15-24(29)5)40(38,39)27-13-8-7-9-14-27/h7-18,22,28H,6,19-21H2,1-5H3,(H,33,37)/t28-/m1/s1. The molecule has 0 aliphatic carbocycles. The van der Waals surface area contributed by atoms with E-state index in [2.05, 4.69) is 5.32 Å². The summed E-state index contributed by atoms with van der Waals surface area (Å²) in [5.41, 5.74) is 2.81. The maximum atomic E-state index is 14.1. The SMILES string of the molecule is CC[C@H](C(=O)NCC(C)C)N(Cc1cccc(C)c1)C(=O)CN(c1cc(Cl)ccc1C)S(=O)(=O)c1ccccc1. The predicted molar refractivity (Wildman–Crippen MR) is 161 cm³/mol. The first-order chi connectivity index (χ1) is 18.9. The van der Waals surface area contributed by atoms with Gasteiger partial charge < -0.3 is 10.2 Å². The summed E-state index contributed by atoms with van der Waals surface area (Å²) < 4.78 is 29.0. The molecule has 1 N–H and O–H groups in total. The first-order valence-corrected chi connectivity index (χ1v) is 15.2. The van der Waals surface area contributed by atoms with E-state index in [0.29, 0.717) is 29.2 Å². The number of nitrogens with one attached hydrogen (secondary N) is 1. The summed E-state index contributed by atoms with van der Waals surface area (Å²) in [7, 11) is -4.15. The molecule has 0 bridgehead atoms. The lowest BCUT2D eigenvalue weighted by molar-refractivity contribution is -0.140. The summed E-state index contributed by atoms with van der Waals surface area (Å²) in [5.74, 6) is -0.528. The van der Waals surface area contributed by atoms with Crippen molar-refractivity contribution in [2.75, 3.05) is 17.4 Å². The fourth-order valence-electron chi connectivity index (χ4n) is 4.43. The van der Waals surface area contributed by atoms with Gasteiger partial charge >= 0.3 is 0 Å². The number of sulfonamides is 1. The van der Waals surface area contributed by atoms with Crippen LogP contribution in [0.3, 0.4) is 0 Å². The van der Waals surface area contributed by atoms with Gasteiger partial charge in [-0.2, -0.15) is 0 Å². The van der Waals surface area contributed by atoms with Crippen molar-refractivity contribution in [1.29, 1.82) is 0 Å². The summed E-state index contributed by atoms with van der Waals surface area (Å²) in [4.78, 5) is 29.0. The number of benzene rings is 3. The van der Waals surface area contributed by atoms with E-state index < -0.39 is 28.5 Å². The highest BCUT2D eigenvalue weighted by Gasteiger charge is 2.34. The van der Waals surface area contributed by atoms with Crippen LogP contribution < -0.4 is 9.62 Å². The molecule has 9 heteroatoms. The number of hydrogen-bond donors (Lipinski definition) is 1. The van der Waals surface area contributed by atoms with Gasteiger partial charge in [-0.15, -0.1) is 0 Å². The van der Waals surface area contributed by atoms with Crippen molar-refractivity contribution in [2.45, 2.75) is 58.5 Å². The zero-order chi connectivity index (χ0) is 29.4. The third-order valence-electron chi connectivity index (χ3n) is 6.56. The Morgan fingerprint density at radius 2 is 1.65 bits per heavy atom. The monoisotopic (exact) mass is 583 g/mol. The van der Waals surface area contributed by atoms with Crippen LogP contribution in [0.15, 0.2) is 77.7 Å². The summed E-state index contributed by atoms with van der Waals surface area (Å²) in [6.45, 7) is 9.68. The third kappa shape index (κ3) is 7.86. The van der Waals surface area contributed by atoms with Gasteiger partial charge in [0.15, 0.2) is 0 Å². The number of aryl methyl sites for hydroxylation is 2. The van der Waals surface area contributed by atoms with Crippen LogP contribution in [0, 0.1) is 19.8 Å². The van der Waals surface area contributed by atoms with Crippen LogP contribution in [-0.4, -0.2) is 44.3 Å². The Balaban J connectivity index is 2.08. The molecule has 0 aliphatic heterocycles. The molecule has 7 nitrogen and oxygen atoms in total. The Bertz CT molecular complexity index is 1430. The first-order valence-electron chi connectivity index (χ1n) is 13.4. The van der Waals surface area contributed by atoms with Gasteiger partial charge in [0, 0.05) is 18.1 Å². The van der Waals surface area contributed by atoms with Crippen molar-refractivity contribution in [3.8, 4) is 0 Å². The lowest BCUT2D eigenvalue weighted by Crippen LogP contribution is -2.52. The third-order valence-corrected chi connectivity index (χ3v) is 8.56. The van der Waals surface area contributed by atoms with E-state index in [9.17, 15) is 18.0 Å². The summed E-state index contributed by atoms with van der Waals surface area (Å²) in [6.07, 6.45) is 0.364. The van der Waals surface area contributed by atoms with E-state index in [0.717, 1.165) is 15.4 Å². The lowest BCUT2D eigenvalue weighted by Gasteiger charge is -2.33. The molecule has 2 amide bonds. The van der Waals surface area contributed by atoms with Crippen molar-refractivity contribution in [3.05, 3.63) is 94.5 Å². The molecule has 0 unspecified atom stereocenters. The minimum atomic E-state index is -4.15. The molecule has 3 aromatic carbocycles. The maximum absolute atomic E-state index is 14.1. The average molecular weight is 584 g/mol. The number of amides is 2. The molecule has 0 fully saturated rings. The summed E-state index contributed by atoms with van der Waals surface area (Å²) >= 11 is 6.28. The average Bonchev–Trinajstić information content (AvgIpc) is 2.92. The van der Waals surface area contributed by atoms with Crippen molar-refractivity contribution >= 4 is 39.1 Å². The summed E-state index contributed by atoms with van der Waals surface area (Å²) in [6, 6.07) is 19.8. The van der Waals surface area contributed by atoms with Gasteiger partial charge in [0.2, 0.25) is 11.8 Å². The highest BCUT2D eigenvalue weighted by molar-refractivity contribution is 7.92. The smallest absolute Gasteiger partial charge is 0.264 e. The topological polar surface area (TPSA) is 86.8 Å². The van der Waals surface area contributed by atoms with Crippen LogP contribution in [0.5, 0.6) is 0 Å². The largest absolute Gasteiger partial charge is 0.354 e. The number of carbonyl (C=O) groups is 2. The second-order valence-electron chi connectivity index (χ2n) is 10.3. The van der Waals surface area contributed by atoms with E-state index >= 15 is 0 Å². The Hall–Kier alpha value is -3.36. The van der Waals surface area contributed by atoms with Gasteiger partial charge in [-0.1, -0.05) is 86.5 Å². The molecule has 0 aromatic heterocycles. The highest BCUT2D eigenvalue weighted by atomic mass is 35.5. The summed E-state index contributed by atoms with van der Waals surface area (Å²) in [5, 5.41) is 3.29. The Labute approximate surface area is 243 Å². The predicted octanol–water partition coefficient (Wildman–Crippen LogP) is 5.73. The van der Waals surface area contributed by atoms with Gasteiger partial charge in [0.05, 0.1) is 10.6 Å². The molecular formula is C31H38ClN3O4S. The Morgan fingerprint density at radius 3 is 2.27 bits per heavy atom. The van der Waals surface area contributed by atoms with Crippen LogP contribution in [0.4, 0.5) is 5.69 Å². The molecule has 0 heterocycles. The minimum absolute atomic E-state index is 0.0501. The van der Waals surface area contributed by atoms with Gasteiger partial charge in [-0.3, -0.25) is 13.9 Å². The van der Waals surface area contributed by atoms with Crippen LogP contribution >= 0.6 is 11.6 Å². The number of anilines is 1. The van der Waals surface area contributed by atoms with E-state index in [1.807, 2.05) is 52.0 Å². The van der Waals surface area contributed by atoms with Crippen LogP contribution in [-0.2, 0) is 26.2 Å². The molecule has 0 aliphatic rings. The van der Waals surface area contributed by atoms with Crippen molar-refractivity contribution in [2.24, 2.45) is 5.92 Å². The Morgan fingerprint density at radius 1 is 0.950 bits per heavy atom. The van der Waals surface area contributed by atoms with E-state index in [-0.39, 0.29) is 23.3 Å². The number of halogens is 1. The molecule has 3 aromatic rings. The molecule has 0 saturated heterocycles. The van der Waals surface area contributed by atoms with Gasteiger partial charge in [0.25, 0.3) is 10.0 Å². The van der Waals surface area contributed by atoms with Crippen molar-refractivity contribution < 1.29 is 18.0 Å². The fraction of sp³-hybridized carbons (Fsp3) is 0.355.